The molecule has 1 aliphatic heterocycles. The zero-order valence-corrected chi connectivity index (χ0v) is 14.5. The largest absolute Gasteiger partial charge is 0.454 e. The zero-order valence-electron chi connectivity index (χ0n) is 14.5. The number of nitrogens with zero attached hydrogens (tertiary/aromatic N) is 3. The Bertz CT molecular complexity index is 890. The Morgan fingerprint density at radius 3 is 3.00 bits per heavy atom. The smallest absolute Gasteiger partial charge is 0.358 e. The predicted octanol–water partition coefficient (Wildman–Crippen LogP) is 1.91. The van der Waals surface area contributed by atoms with Crippen LogP contribution < -0.4 is 19.3 Å². The van der Waals surface area contributed by atoms with E-state index in [0.717, 1.165) is 53.6 Å². The van der Waals surface area contributed by atoms with Gasteiger partial charge < -0.3 is 19.7 Å². The Balaban J connectivity index is 1.58. The molecule has 0 amide bonds. The van der Waals surface area contributed by atoms with Crippen molar-refractivity contribution in [2.75, 3.05) is 39.3 Å². The number of aromatic amines is 1. The minimum Gasteiger partial charge on any atom is -0.454 e. The second kappa shape index (κ2) is 6.60. The summed E-state index contributed by atoms with van der Waals surface area (Å²) in [6.45, 7) is 2.22. The van der Waals surface area contributed by atoms with Crippen molar-refractivity contribution in [3.05, 3.63) is 36.7 Å². The number of rotatable bonds is 6. The molecule has 0 saturated carbocycles. The van der Waals surface area contributed by atoms with Crippen LogP contribution in [0.1, 0.15) is 6.42 Å². The molecule has 0 radical (unpaired) electrons. The highest BCUT2D eigenvalue weighted by Crippen LogP contribution is 2.36. The summed E-state index contributed by atoms with van der Waals surface area (Å²) in [5.41, 5.74) is 2.94. The highest BCUT2D eigenvalue weighted by molar-refractivity contribution is 5.76. The molecule has 0 atom stereocenters. The third-order valence-electron chi connectivity index (χ3n) is 4.20. The summed E-state index contributed by atoms with van der Waals surface area (Å²) in [5, 5.41) is 6.60. The summed E-state index contributed by atoms with van der Waals surface area (Å²) in [4.78, 5) is 6.94. The maximum Gasteiger partial charge on any atom is 0.358 e. The first-order chi connectivity index (χ1) is 12.2. The lowest BCUT2D eigenvalue weighted by atomic mass is 10.1. The summed E-state index contributed by atoms with van der Waals surface area (Å²) in [7, 11) is 4.16. The molecule has 7 heteroatoms. The monoisotopic (exact) mass is 340 g/mol. The van der Waals surface area contributed by atoms with E-state index < -0.39 is 0 Å². The van der Waals surface area contributed by atoms with Crippen LogP contribution in [-0.2, 0) is 0 Å². The fourth-order valence-electron chi connectivity index (χ4n) is 2.90. The quantitative estimate of drug-likeness (QED) is 0.530. The van der Waals surface area contributed by atoms with Crippen LogP contribution in [0, 0.1) is 0 Å². The molecule has 3 heterocycles. The lowest BCUT2D eigenvalue weighted by molar-refractivity contribution is -0.578. The van der Waals surface area contributed by atoms with Gasteiger partial charge in [0.2, 0.25) is 12.6 Å². The molecular weight excluding hydrogens is 318 g/mol. The minimum atomic E-state index is 0.278. The van der Waals surface area contributed by atoms with Gasteiger partial charge in [-0.15, -0.1) is 4.52 Å². The van der Waals surface area contributed by atoms with Crippen LogP contribution in [0.25, 0.3) is 16.8 Å². The summed E-state index contributed by atoms with van der Waals surface area (Å²) in [6, 6.07) is 7.92. The molecule has 130 valence electrons. The predicted molar refractivity (Wildman–Crippen MR) is 95.0 cm³/mol. The molecule has 0 bridgehead atoms. The van der Waals surface area contributed by atoms with E-state index in [-0.39, 0.29) is 6.79 Å². The number of ether oxygens (including phenoxy) is 2. The molecule has 4 rings (SSSR count). The summed E-state index contributed by atoms with van der Waals surface area (Å²) in [5.74, 6) is 2.43. The Hall–Kier alpha value is -2.80. The van der Waals surface area contributed by atoms with E-state index in [1.165, 1.54) is 0 Å². The zero-order chi connectivity index (χ0) is 17.2. The topological polar surface area (TPSA) is 66.5 Å². The van der Waals surface area contributed by atoms with Crippen molar-refractivity contribution in [2.24, 2.45) is 0 Å². The van der Waals surface area contributed by atoms with Crippen molar-refractivity contribution in [3.8, 4) is 22.6 Å². The number of hydrogen-bond donors (Lipinski definition) is 2. The van der Waals surface area contributed by atoms with Crippen LogP contribution >= 0.6 is 0 Å². The van der Waals surface area contributed by atoms with E-state index >= 15 is 0 Å². The number of fused-ring (bicyclic) bond motifs is 2. The van der Waals surface area contributed by atoms with Gasteiger partial charge in [0.15, 0.2) is 11.5 Å². The Kier molecular flexibility index (Phi) is 4.15. The lowest BCUT2D eigenvalue weighted by Gasteiger charge is -2.08. The number of benzene rings is 1. The highest BCUT2D eigenvalue weighted by Gasteiger charge is 2.20. The van der Waals surface area contributed by atoms with E-state index in [2.05, 4.69) is 29.4 Å². The van der Waals surface area contributed by atoms with Crippen LogP contribution in [0.3, 0.4) is 0 Å². The molecule has 25 heavy (non-hydrogen) atoms. The lowest BCUT2D eigenvalue weighted by Crippen LogP contribution is -2.24. The van der Waals surface area contributed by atoms with Crippen molar-refractivity contribution >= 4 is 11.5 Å². The second-order valence-corrected chi connectivity index (χ2v) is 6.35. The van der Waals surface area contributed by atoms with E-state index in [1.54, 1.807) is 0 Å². The first-order valence-electron chi connectivity index (χ1n) is 8.39. The van der Waals surface area contributed by atoms with Gasteiger partial charge >= 0.3 is 5.65 Å². The normalized spacial score (nSPS) is 12.9. The SMILES string of the molecule is CN(C)CCCNc1cc[n+]2[nH]cc(-c3ccc4c(c3)OCO4)c2n1. The van der Waals surface area contributed by atoms with Crippen LogP contribution in [0.5, 0.6) is 11.5 Å². The van der Waals surface area contributed by atoms with Gasteiger partial charge in [-0.2, -0.15) is 0 Å². The number of hydrogen-bond acceptors (Lipinski definition) is 5. The maximum absolute atomic E-state index is 5.48. The van der Waals surface area contributed by atoms with Gasteiger partial charge in [0, 0.05) is 12.6 Å². The maximum atomic E-state index is 5.48. The molecule has 0 fully saturated rings. The number of H-pyrrole nitrogens is 1. The Morgan fingerprint density at radius 2 is 2.12 bits per heavy atom. The van der Waals surface area contributed by atoms with Crippen molar-refractivity contribution < 1.29 is 14.0 Å². The van der Waals surface area contributed by atoms with E-state index in [9.17, 15) is 0 Å². The van der Waals surface area contributed by atoms with Gasteiger partial charge in [0.25, 0.3) is 0 Å². The number of anilines is 1. The number of aromatic nitrogens is 3. The average Bonchev–Trinajstić information content (AvgIpc) is 3.24. The molecule has 1 aromatic carbocycles. The van der Waals surface area contributed by atoms with Gasteiger partial charge in [-0.05, 0) is 49.7 Å². The van der Waals surface area contributed by atoms with Gasteiger partial charge in [0.05, 0.1) is 11.8 Å². The first-order valence-corrected chi connectivity index (χ1v) is 8.39. The molecular formula is C18H22N5O2+. The molecule has 2 N–H and O–H groups in total. The molecule has 1 aliphatic rings. The summed E-state index contributed by atoms with van der Waals surface area (Å²) in [6.07, 6.45) is 5.00. The number of nitrogens with one attached hydrogen (secondary N) is 2. The van der Waals surface area contributed by atoms with Crippen LogP contribution in [-0.4, -0.2) is 49.0 Å². The summed E-state index contributed by atoms with van der Waals surface area (Å²) < 4.78 is 12.8. The molecule has 3 aromatic rings. The van der Waals surface area contributed by atoms with E-state index in [4.69, 9.17) is 14.5 Å². The van der Waals surface area contributed by atoms with Crippen molar-refractivity contribution in [2.45, 2.75) is 6.42 Å². The minimum absolute atomic E-state index is 0.278. The van der Waals surface area contributed by atoms with Gasteiger partial charge in [-0.25, -0.2) is 5.10 Å². The van der Waals surface area contributed by atoms with Crippen molar-refractivity contribution in [1.29, 1.82) is 0 Å². The third kappa shape index (κ3) is 3.23. The van der Waals surface area contributed by atoms with Crippen molar-refractivity contribution in [1.82, 2.24) is 15.0 Å². The molecule has 0 spiro atoms. The summed E-state index contributed by atoms with van der Waals surface area (Å²) >= 11 is 0. The molecule has 0 saturated heterocycles. The molecule has 0 unspecified atom stereocenters. The van der Waals surface area contributed by atoms with E-state index in [1.807, 2.05) is 41.2 Å². The Morgan fingerprint density at radius 1 is 1.24 bits per heavy atom. The molecule has 7 nitrogen and oxygen atoms in total. The average molecular weight is 340 g/mol. The van der Waals surface area contributed by atoms with Crippen LogP contribution in [0.4, 0.5) is 5.82 Å². The third-order valence-corrected chi connectivity index (χ3v) is 4.20. The van der Waals surface area contributed by atoms with Gasteiger partial charge in [-0.3, -0.25) is 0 Å². The Labute approximate surface area is 146 Å². The van der Waals surface area contributed by atoms with E-state index in [0.29, 0.717) is 0 Å². The van der Waals surface area contributed by atoms with Gasteiger partial charge in [-0.1, -0.05) is 6.07 Å². The highest BCUT2D eigenvalue weighted by atomic mass is 16.7. The van der Waals surface area contributed by atoms with Crippen LogP contribution in [0.15, 0.2) is 36.7 Å². The van der Waals surface area contributed by atoms with Crippen molar-refractivity contribution in [3.63, 3.8) is 0 Å². The fourth-order valence-corrected chi connectivity index (χ4v) is 2.90. The first kappa shape index (κ1) is 15.7. The molecule has 0 aliphatic carbocycles. The molecule has 2 aromatic heterocycles. The van der Waals surface area contributed by atoms with Gasteiger partial charge in [0.1, 0.15) is 6.20 Å². The van der Waals surface area contributed by atoms with Crippen LogP contribution in [0.2, 0.25) is 0 Å². The standard InChI is InChI=1S/C18H21N5O2/c1-22(2)8-3-7-19-17-6-9-23-18(21-17)14(11-20-23)13-4-5-15-16(10-13)25-12-24-15/h4-6,9-11H,3,7-8,12H2,1-2H3,(H,19,20,21)/p+1. The second-order valence-electron chi connectivity index (χ2n) is 6.35. The fraction of sp³-hybridized carbons (Fsp3) is 0.333.